The van der Waals surface area contributed by atoms with Gasteiger partial charge in [0.25, 0.3) is 5.85 Å². The third-order valence-electron chi connectivity index (χ3n) is 0.539. The molecule has 58 valence electrons. The van der Waals surface area contributed by atoms with Gasteiger partial charge in [-0.1, -0.05) is 0 Å². The van der Waals surface area contributed by atoms with Gasteiger partial charge < -0.3 is 20.0 Å². The van der Waals surface area contributed by atoms with Crippen LogP contribution in [0.2, 0.25) is 0 Å². The zero-order valence-corrected chi connectivity index (χ0v) is 7.98. The Kier molecular flexibility index (Phi) is 5.71. The molecular formula is C2H5O6PZr. The number of carboxylic acids is 1. The van der Waals surface area contributed by atoms with Crippen molar-refractivity contribution in [2.24, 2.45) is 0 Å². The van der Waals surface area contributed by atoms with E-state index >= 15 is 0 Å². The third-order valence-corrected chi connectivity index (χ3v) is 1.40. The van der Waals surface area contributed by atoms with Gasteiger partial charge in [0.05, 0.1) is 0 Å². The molecule has 0 rings (SSSR count). The first kappa shape index (κ1) is 13.1. The quantitative estimate of drug-likeness (QED) is 0.444. The summed E-state index contributed by atoms with van der Waals surface area (Å²) in [5.41, 5.74) is 0. The van der Waals surface area contributed by atoms with E-state index < -0.39 is 19.4 Å². The molecule has 6 nitrogen and oxygen atoms in total. The molecule has 1 unspecified atom stereocenters. The van der Waals surface area contributed by atoms with Crippen molar-refractivity contribution in [3.05, 3.63) is 0 Å². The SMILES string of the molecule is O=C(O)C(O)P(=O)(O)O.[Zr]. The van der Waals surface area contributed by atoms with E-state index in [2.05, 4.69) is 0 Å². The Bertz CT molecular complexity index is 161. The molecule has 0 fully saturated rings. The molecule has 0 spiro atoms. The second-order valence-corrected chi connectivity index (χ2v) is 2.97. The van der Waals surface area contributed by atoms with Gasteiger partial charge in [-0.25, -0.2) is 4.79 Å². The summed E-state index contributed by atoms with van der Waals surface area (Å²) in [6.45, 7) is 0. The molecule has 0 amide bonds. The van der Waals surface area contributed by atoms with Crippen LogP contribution in [0.15, 0.2) is 0 Å². The molecule has 0 radical (unpaired) electrons. The average Bonchev–Trinajstić information content (AvgIpc) is 1.62. The van der Waals surface area contributed by atoms with E-state index in [0.717, 1.165) is 0 Å². The summed E-state index contributed by atoms with van der Waals surface area (Å²) < 4.78 is 9.84. The summed E-state index contributed by atoms with van der Waals surface area (Å²) in [4.78, 5) is 25.5. The summed E-state index contributed by atoms with van der Waals surface area (Å²) >= 11 is 0. The van der Waals surface area contributed by atoms with E-state index in [1.54, 1.807) is 0 Å². The molecule has 4 N–H and O–H groups in total. The van der Waals surface area contributed by atoms with Gasteiger partial charge in [0.15, 0.2) is 0 Å². The maximum absolute atomic E-state index is 9.84. The number of carboxylic acid groups (broad SMARTS) is 1. The first-order chi connectivity index (χ1) is 3.85. The van der Waals surface area contributed by atoms with E-state index in [-0.39, 0.29) is 26.2 Å². The maximum atomic E-state index is 9.84. The Morgan fingerprint density at radius 1 is 1.40 bits per heavy atom. The van der Waals surface area contributed by atoms with Crippen LogP contribution in [0.3, 0.4) is 0 Å². The molecule has 0 saturated carbocycles. The molecule has 10 heavy (non-hydrogen) atoms. The molecule has 0 aromatic heterocycles. The van der Waals surface area contributed by atoms with Crippen molar-refractivity contribution in [3.8, 4) is 0 Å². The minimum absolute atomic E-state index is 0. The fourth-order valence-corrected chi connectivity index (χ4v) is 0.432. The second-order valence-electron chi connectivity index (χ2n) is 1.30. The van der Waals surface area contributed by atoms with Crippen LogP contribution in [0.1, 0.15) is 0 Å². The Morgan fingerprint density at radius 3 is 1.70 bits per heavy atom. The molecule has 0 aliphatic heterocycles. The van der Waals surface area contributed by atoms with Crippen molar-refractivity contribution in [2.75, 3.05) is 0 Å². The minimum Gasteiger partial charge on any atom is -0.479 e. The molecule has 0 aromatic carbocycles. The van der Waals surface area contributed by atoms with Gasteiger partial charge in [-0.15, -0.1) is 0 Å². The topological polar surface area (TPSA) is 115 Å². The van der Waals surface area contributed by atoms with Crippen molar-refractivity contribution in [1.29, 1.82) is 0 Å². The fraction of sp³-hybridized carbons (Fsp3) is 0.500. The Morgan fingerprint density at radius 2 is 1.70 bits per heavy atom. The Labute approximate surface area is 75.2 Å². The Balaban J connectivity index is 0. The van der Waals surface area contributed by atoms with Crippen LogP contribution in [0.5, 0.6) is 0 Å². The summed E-state index contributed by atoms with van der Waals surface area (Å²) in [6.07, 6.45) is 0. The van der Waals surface area contributed by atoms with Crippen LogP contribution in [0.4, 0.5) is 0 Å². The zero-order chi connectivity index (χ0) is 7.65. The average molecular weight is 247 g/mol. The third kappa shape index (κ3) is 4.31. The summed E-state index contributed by atoms with van der Waals surface area (Å²) in [6, 6.07) is 0. The van der Waals surface area contributed by atoms with Gasteiger partial charge in [-0.05, 0) is 0 Å². The molecule has 0 bridgehead atoms. The maximum Gasteiger partial charge on any atom is 0.365 e. The molecule has 0 heterocycles. The largest absolute Gasteiger partial charge is 0.479 e. The van der Waals surface area contributed by atoms with Gasteiger partial charge in [0.2, 0.25) is 0 Å². The number of rotatable bonds is 2. The van der Waals surface area contributed by atoms with Gasteiger partial charge in [-0.3, -0.25) is 4.57 Å². The fourth-order valence-electron chi connectivity index (χ4n) is 0.144. The monoisotopic (exact) mass is 246 g/mol. The van der Waals surface area contributed by atoms with Crippen molar-refractivity contribution >= 4 is 13.6 Å². The molecular weight excluding hydrogens is 242 g/mol. The van der Waals surface area contributed by atoms with E-state index in [1.807, 2.05) is 0 Å². The van der Waals surface area contributed by atoms with Crippen LogP contribution < -0.4 is 0 Å². The molecule has 0 aromatic rings. The smallest absolute Gasteiger partial charge is 0.365 e. The van der Waals surface area contributed by atoms with Crippen molar-refractivity contribution in [2.45, 2.75) is 5.85 Å². The van der Waals surface area contributed by atoms with E-state index in [4.69, 9.17) is 20.0 Å². The van der Waals surface area contributed by atoms with Crippen LogP contribution in [0, 0.1) is 0 Å². The van der Waals surface area contributed by atoms with Gasteiger partial charge in [0, 0.05) is 26.2 Å². The molecule has 8 heteroatoms. The van der Waals surface area contributed by atoms with Crippen LogP contribution in [0.25, 0.3) is 0 Å². The second kappa shape index (κ2) is 4.36. The molecule has 0 saturated heterocycles. The van der Waals surface area contributed by atoms with Crippen LogP contribution in [-0.2, 0) is 35.6 Å². The zero-order valence-electron chi connectivity index (χ0n) is 4.63. The van der Waals surface area contributed by atoms with Crippen molar-refractivity contribution in [3.63, 3.8) is 0 Å². The Hall–Kier alpha value is 0.463. The summed E-state index contributed by atoms with van der Waals surface area (Å²) in [7, 11) is -4.86. The van der Waals surface area contributed by atoms with Crippen LogP contribution in [-0.4, -0.2) is 31.8 Å². The molecule has 0 aliphatic rings. The number of aliphatic carboxylic acids is 1. The number of carbonyl (C=O) groups is 1. The van der Waals surface area contributed by atoms with E-state index in [0.29, 0.717) is 0 Å². The number of hydrogen-bond acceptors (Lipinski definition) is 3. The summed E-state index contributed by atoms with van der Waals surface area (Å²) in [5.74, 6) is -4.53. The minimum atomic E-state index is -4.86. The normalized spacial score (nSPS) is 13.5. The first-order valence-electron chi connectivity index (χ1n) is 1.82. The van der Waals surface area contributed by atoms with E-state index in [9.17, 15) is 9.36 Å². The van der Waals surface area contributed by atoms with Gasteiger partial charge in [-0.2, -0.15) is 0 Å². The van der Waals surface area contributed by atoms with E-state index in [1.165, 1.54) is 0 Å². The number of aliphatic hydroxyl groups excluding tert-OH is 1. The number of aliphatic hydroxyl groups is 1. The van der Waals surface area contributed by atoms with Crippen molar-refractivity contribution in [1.82, 2.24) is 0 Å². The van der Waals surface area contributed by atoms with Gasteiger partial charge in [0.1, 0.15) is 0 Å². The molecule has 1 atom stereocenters. The predicted molar refractivity (Wildman–Crippen MR) is 25.7 cm³/mol. The van der Waals surface area contributed by atoms with Crippen molar-refractivity contribution < 1.29 is 55.6 Å². The predicted octanol–water partition coefficient (Wildman–Crippen LogP) is -1.44. The number of hydrogen-bond donors (Lipinski definition) is 4. The molecule has 0 aliphatic carbocycles. The summed E-state index contributed by atoms with van der Waals surface area (Å²) in [5, 5.41) is 15.9. The van der Waals surface area contributed by atoms with Gasteiger partial charge >= 0.3 is 13.6 Å². The van der Waals surface area contributed by atoms with Crippen LogP contribution >= 0.6 is 7.60 Å². The first-order valence-corrected chi connectivity index (χ1v) is 3.50. The standard InChI is InChI=1S/C2H5O6P.Zr/c3-1(4)2(5)9(6,7)8;/h2,5H,(H,3,4)(H2,6,7,8);.